The minimum Gasteiger partial charge on any atom is -0.452 e. The maximum Gasteiger partial charge on any atom is 0.312 e. The number of nitrogens with one attached hydrogen (secondary N) is 1. The van der Waals surface area contributed by atoms with Crippen molar-refractivity contribution in [1.82, 2.24) is 5.32 Å². The molecular weight excluding hydrogens is 342 g/mol. The second kappa shape index (κ2) is 7.23. The Morgan fingerprint density at radius 1 is 1.26 bits per heavy atom. The summed E-state index contributed by atoms with van der Waals surface area (Å²) < 4.78 is 5.61. The Labute approximate surface area is 161 Å². The van der Waals surface area contributed by atoms with E-state index in [-0.39, 0.29) is 11.9 Å². The van der Waals surface area contributed by atoms with Crippen LogP contribution in [0.3, 0.4) is 0 Å². The summed E-state index contributed by atoms with van der Waals surface area (Å²) in [5.41, 5.74) is 0.163. The van der Waals surface area contributed by atoms with Gasteiger partial charge in [-0.05, 0) is 89.4 Å². The van der Waals surface area contributed by atoms with E-state index < -0.39 is 17.1 Å². The molecule has 0 aromatic rings. The van der Waals surface area contributed by atoms with Gasteiger partial charge in [-0.2, -0.15) is 0 Å². The topological polar surface area (TPSA) is 75.6 Å². The van der Waals surface area contributed by atoms with Crippen LogP contribution in [0.15, 0.2) is 11.6 Å². The van der Waals surface area contributed by atoms with E-state index >= 15 is 0 Å². The van der Waals surface area contributed by atoms with Gasteiger partial charge in [0.05, 0.1) is 11.0 Å². The zero-order chi connectivity index (χ0) is 19.1. The first-order chi connectivity index (χ1) is 12.9. The van der Waals surface area contributed by atoms with E-state index in [0.29, 0.717) is 24.8 Å². The molecule has 0 aromatic carbocycles. The highest BCUT2D eigenvalue weighted by atomic mass is 16.5. The van der Waals surface area contributed by atoms with Crippen LogP contribution in [-0.2, 0) is 14.3 Å². The van der Waals surface area contributed by atoms with Crippen molar-refractivity contribution in [2.24, 2.45) is 17.3 Å². The second-order valence-corrected chi connectivity index (χ2v) is 9.66. The average Bonchev–Trinajstić information content (AvgIpc) is 2.60. The van der Waals surface area contributed by atoms with E-state index in [9.17, 15) is 14.7 Å². The van der Waals surface area contributed by atoms with Crippen LogP contribution < -0.4 is 5.32 Å². The third kappa shape index (κ3) is 3.94. The van der Waals surface area contributed by atoms with Gasteiger partial charge in [0.1, 0.15) is 0 Å². The summed E-state index contributed by atoms with van der Waals surface area (Å²) in [6.07, 6.45) is 12.1. The van der Waals surface area contributed by atoms with Crippen molar-refractivity contribution in [2.45, 2.75) is 89.3 Å². The largest absolute Gasteiger partial charge is 0.452 e. The first-order valence-corrected chi connectivity index (χ1v) is 10.8. The van der Waals surface area contributed by atoms with Crippen LogP contribution in [0.4, 0.5) is 0 Å². The number of amides is 1. The Hall–Kier alpha value is -1.36. The molecule has 4 saturated carbocycles. The number of rotatable bonds is 6. The van der Waals surface area contributed by atoms with Gasteiger partial charge in [-0.15, -0.1) is 0 Å². The maximum atomic E-state index is 13.0. The fourth-order valence-corrected chi connectivity index (χ4v) is 6.41. The molecule has 2 N–H and O–H groups in total. The van der Waals surface area contributed by atoms with Gasteiger partial charge in [-0.3, -0.25) is 9.59 Å². The van der Waals surface area contributed by atoms with Crippen LogP contribution in [0, 0.1) is 17.3 Å². The van der Waals surface area contributed by atoms with E-state index in [2.05, 4.69) is 11.4 Å². The van der Waals surface area contributed by atoms with Gasteiger partial charge in [-0.25, -0.2) is 0 Å². The summed E-state index contributed by atoms with van der Waals surface area (Å²) in [4.78, 5) is 25.3. The van der Waals surface area contributed by atoms with Crippen LogP contribution in [0.1, 0.15) is 77.6 Å². The molecule has 1 amide bonds. The normalized spacial score (nSPS) is 38.2. The standard InChI is InChI=1S/C22H33NO4/c1-15(19(24)23-8-7-16-5-3-2-4-6-16)27-20(25)21-10-17-9-18(11-21)13-22(26,12-17)14-21/h5,15,17-18,26H,2-4,6-14H2,1H3,(H,23,24)/t15-,17-,18+,21?,22?/m1/s1. The van der Waals surface area contributed by atoms with Gasteiger partial charge in [0, 0.05) is 6.54 Å². The first-order valence-electron chi connectivity index (χ1n) is 10.8. The molecule has 0 radical (unpaired) electrons. The minimum atomic E-state index is -0.777. The number of esters is 1. The van der Waals surface area contributed by atoms with E-state index in [1.54, 1.807) is 6.92 Å². The molecule has 5 rings (SSSR count). The van der Waals surface area contributed by atoms with Crippen molar-refractivity contribution in [2.75, 3.05) is 6.54 Å². The van der Waals surface area contributed by atoms with Crippen LogP contribution >= 0.6 is 0 Å². The second-order valence-electron chi connectivity index (χ2n) is 9.66. The quantitative estimate of drug-likeness (QED) is 0.552. The number of carbonyl (C=O) groups excluding carboxylic acids is 2. The predicted octanol–water partition coefficient (Wildman–Crippen LogP) is 3.26. The van der Waals surface area contributed by atoms with Crippen molar-refractivity contribution < 1.29 is 19.4 Å². The average molecular weight is 376 g/mol. The molecule has 5 aliphatic rings. The molecule has 0 heterocycles. The Bertz CT molecular complexity index is 626. The maximum absolute atomic E-state index is 13.0. The summed E-state index contributed by atoms with van der Waals surface area (Å²) in [5, 5.41) is 13.7. The third-order valence-corrected chi connectivity index (χ3v) is 7.25. The number of hydrogen-bond acceptors (Lipinski definition) is 4. The van der Waals surface area contributed by atoms with Crippen molar-refractivity contribution in [3.8, 4) is 0 Å². The molecule has 5 heteroatoms. The fourth-order valence-electron chi connectivity index (χ4n) is 6.41. The minimum absolute atomic E-state index is 0.219. The molecule has 5 atom stereocenters. The van der Waals surface area contributed by atoms with Crippen LogP contribution in [0.2, 0.25) is 0 Å². The highest BCUT2D eigenvalue weighted by Crippen LogP contribution is 2.62. The van der Waals surface area contributed by atoms with Gasteiger partial charge in [0.2, 0.25) is 0 Å². The smallest absolute Gasteiger partial charge is 0.312 e. The lowest BCUT2D eigenvalue weighted by atomic mass is 9.48. The highest BCUT2D eigenvalue weighted by Gasteiger charge is 2.61. The lowest BCUT2D eigenvalue weighted by Gasteiger charge is -2.58. The number of carbonyl (C=O) groups is 2. The Morgan fingerprint density at radius 2 is 2.00 bits per heavy atom. The van der Waals surface area contributed by atoms with Gasteiger partial charge >= 0.3 is 5.97 Å². The van der Waals surface area contributed by atoms with Crippen LogP contribution in [0.5, 0.6) is 0 Å². The number of ether oxygens (including phenoxy) is 1. The molecular formula is C22H33NO4. The summed E-state index contributed by atoms with van der Waals surface area (Å²) in [6.45, 7) is 2.25. The van der Waals surface area contributed by atoms with Crippen molar-refractivity contribution in [1.29, 1.82) is 0 Å². The predicted molar refractivity (Wildman–Crippen MR) is 102 cm³/mol. The molecule has 0 aromatic heterocycles. The van der Waals surface area contributed by atoms with Crippen LogP contribution in [0.25, 0.3) is 0 Å². The number of aliphatic hydroxyl groups is 1. The Balaban J connectivity index is 1.28. The summed E-state index contributed by atoms with van der Waals surface area (Å²) in [7, 11) is 0. The molecule has 150 valence electrons. The Morgan fingerprint density at radius 3 is 2.63 bits per heavy atom. The lowest BCUT2D eigenvalue weighted by Crippen LogP contribution is -2.59. The SMILES string of the molecule is C[C@@H](OC(=O)C12C[C@@H]3C[C@@H](CC(O)(C3)C1)C2)C(=O)NCCC1=CCCCC1. The molecule has 0 saturated heterocycles. The van der Waals surface area contributed by atoms with Gasteiger partial charge in [0.25, 0.3) is 5.91 Å². The van der Waals surface area contributed by atoms with Crippen molar-refractivity contribution in [3.05, 3.63) is 11.6 Å². The van der Waals surface area contributed by atoms with E-state index in [4.69, 9.17) is 4.74 Å². The molecule has 5 nitrogen and oxygen atoms in total. The van der Waals surface area contributed by atoms with E-state index in [1.807, 2.05) is 0 Å². The number of hydrogen-bond donors (Lipinski definition) is 2. The van der Waals surface area contributed by atoms with Gasteiger partial charge in [0.15, 0.2) is 6.10 Å². The van der Waals surface area contributed by atoms with Crippen molar-refractivity contribution in [3.63, 3.8) is 0 Å². The summed E-state index contributed by atoms with van der Waals surface area (Å²) in [6, 6.07) is 0. The number of allylic oxidation sites excluding steroid dienone is 1. The fraction of sp³-hybridized carbons (Fsp3) is 0.818. The highest BCUT2D eigenvalue weighted by molar-refractivity contribution is 5.85. The molecule has 5 aliphatic carbocycles. The molecule has 4 bridgehead atoms. The van der Waals surface area contributed by atoms with Crippen LogP contribution in [-0.4, -0.2) is 35.2 Å². The Kier molecular flexibility index (Phi) is 5.08. The first kappa shape index (κ1) is 19.0. The third-order valence-electron chi connectivity index (χ3n) is 7.25. The molecule has 27 heavy (non-hydrogen) atoms. The monoisotopic (exact) mass is 375 g/mol. The molecule has 0 spiro atoms. The van der Waals surface area contributed by atoms with E-state index in [1.165, 1.54) is 18.4 Å². The zero-order valence-corrected chi connectivity index (χ0v) is 16.5. The lowest BCUT2D eigenvalue weighted by molar-refractivity contribution is -0.200. The molecule has 0 aliphatic heterocycles. The van der Waals surface area contributed by atoms with Gasteiger partial charge in [-0.1, -0.05) is 11.6 Å². The zero-order valence-electron chi connectivity index (χ0n) is 16.5. The van der Waals surface area contributed by atoms with Crippen molar-refractivity contribution >= 4 is 11.9 Å². The van der Waals surface area contributed by atoms with E-state index in [0.717, 1.165) is 51.4 Å². The molecule has 2 unspecified atom stereocenters. The molecule has 4 fully saturated rings. The summed E-state index contributed by atoms with van der Waals surface area (Å²) >= 11 is 0. The van der Waals surface area contributed by atoms with Gasteiger partial charge < -0.3 is 15.2 Å². The summed E-state index contributed by atoms with van der Waals surface area (Å²) in [5.74, 6) is 0.365.